The Balaban J connectivity index is 0.000000168. The smallest absolute Gasteiger partial charge is 0.399 e. The molecule has 6 nitrogen and oxygen atoms in total. The molecular formula is C50H42BClN4O2. The highest BCUT2D eigenvalue weighted by atomic mass is 35.5. The molecule has 0 aliphatic carbocycles. The Bertz CT molecular complexity index is 2480. The van der Waals surface area contributed by atoms with Crippen molar-refractivity contribution in [2.75, 3.05) is 0 Å². The van der Waals surface area contributed by atoms with Gasteiger partial charge in [0.15, 0.2) is 11.6 Å². The standard InChI is InChI=1S/C28H27BN2O2.C22H15ClN2/c1-27(2)28(3,4)33-29(32-27)23-17-15-21(16-18-23)25-19-24(20-11-7-5-8-12-20)30-26(31-25)22-13-9-6-10-14-22;23-19-13-11-17(12-14-19)21-15-20(16-7-3-1-4-8-16)24-22(25-21)18-9-5-2-6-10-18/h5-19H,1-4H3;1-15H. The quantitative estimate of drug-likeness (QED) is 0.150. The molecular weight excluding hydrogens is 735 g/mol. The van der Waals surface area contributed by atoms with Crippen molar-refractivity contribution >= 4 is 24.2 Å². The van der Waals surface area contributed by atoms with E-state index in [1.807, 2.05) is 133 Å². The molecule has 1 saturated heterocycles. The second-order valence-corrected chi connectivity index (χ2v) is 15.5. The summed E-state index contributed by atoms with van der Waals surface area (Å²) < 4.78 is 12.4. The van der Waals surface area contributed by atoms with Crippen molar-refractivity contribution in [1.82, 2.24) is 19.9 Å². The Kier molecular flexibility index (Phi) is 11.1. The lowest BCUT2D eigenvalue weighted by atomic mass is 9.79. The van der Waals surface area contributed by atoms with E-state index in [9.17, 15) is 0 Å². The third kappa shape index (κ3) is 8.68. The Morgan fingerprint density at radius 1 is 0.379 bits per heavy atom. The molecule has 0 saturated carbocycles. The zero-order chi connectivity index (χ0) is 40.1. The summed E-state index contributed by atoms with van der Waals surface area (Å²) in [4.78, 5) is 19.3. The van der Waals surface area contributed by atoms with Gasteiger partial charge in [-0.25, -0.2) is 19.9 Å². The number of rotatable bonds is 7. The number of nitrogens with zero attached hydrogens (tertiary/aromatic N) is 4. The summed E-state index contributed by atoms with van der Waals surface area (Å²) in [7, 11) is -0.380. The summed E-state index contributed by atoms with van der Waals surface area (Å²) >= 11 is 6.02. The summed E-state index contributed by atoms with van der Waals surface area (Å²) in [5, 5.41) is 0.712. The van der Waals surface area contributed by atoms with Crippen LogP contribution in [0, 0.1) is 0 Å². The Morgan fingerprint density at radius 2 is 0.672 bits per heavy atom. The Hall–Kier alpha value is -6.25. The second kappa shape index (κ2) is 16.7. The SMILES string of the molecule is CC1(C)OB(c2ccc(-c3cc(-c4ccccc4)nc(-c4ccccc4)n3)cc2)OC1(C)C.Clc1ccc(-c2cc(-c3ccccc3)nc(-c3ccccc3)n2)cc1. The van der Waals surface area contributed by atoms with E-state index in [2.05, 4.69) is 76.2 Å². The average Bonchev–Trinajstić information content (AvgIpc) is 3.50. The van der Waals surface area contributed by atoms with Gasteiger partial charge in [-0.1, -0.05) is 169 Å². The molecule has 0 unspecified atom stereocenters. The van der Waals surface area contributed by atoms with Gasteiger partial charge in [0.1, 0.15) is 0 Å². The summed E-state index contributed by atoms with van der Waals surface area (Å²) in [6.07, 6.45) is 0. The third-order valence-corrected chi connectivity index (χ3v) is 10.8. The highest BCUT2D eigenvalue weighted by molar-refractivity contribution is 6.62. The molecule has 9 rings (SSSR count). The van der Waals surface area contributed by atoms with Crippen LogP contribution in [0.25, 0.3) is 67.8 Å². The minimum atomic E-state index is -0.380. The van der Waals surface area contributed by atoms with E-state index in [4.69, 9.17) is 40.8 Å². The molecule has 1 aliphatic rings. The molecule has 0 amide bonds. The molecule has 3 heterocycles. The van der Waals surface area contributed by atoms with Crippen LogP contribution < -0.4 is 5.46 Å². The topological polar surface area (TPSA) is 70.0 Å². The first-order chi connectivity index (χ1) is 28.1. The lowest BCUT2D eigenvalue weighted by Gasteiger charge is -2.32. The van der Waals surface area contributed by atoms with Gasteiger partial charge in [-0.2, -0.15) is 0 Å². The van der Waals surface area contributed by atoms with Crippen LogP contribution in [0.2, 0.25) is 5.02 Å². The van der Waals surface area contributed by atoms with Crippen molar-refractivity contribution in [3.05, 3.63) is 187 Å². The minimum Gasteiger partial charge on any atom is -0.399 e. The van der Waals surface area contributed by atoms with Gasteiger partial charge in [0, 0.05) is 38.4 Å². The molecule has 0 spiro atoms. The van der Waals surface area contributed by atoms with Gasteiger partial charge < -0.3 is 9.31 Å². The van der Waals surface area contributed by atoms with E-state index in [0.717, 1.165) is 61.6 Å². The van der Waals surface area contributed by atoms with E-state index in [-0.39, 0.29) is 18.3 Å². The summed E-state index contributed by atoms with van der Waals surface area (Å²) in [5.74, 6) is 1.42. The largest absolute Gasteiger partial charge is 0.494 e. The number of hydrogen-bond donors (Lipinski definition) is 0. The molecule has 6 aromatic carbocycles. The van der Waals surface area contributed by atoms with Crippen molar-refractivity contribution in [1.29, 1.82) is 0 Å². The molecule has 0 radical (unpaired) electrons. The van der Waals surface area contributed by atoms with Crippen LogP contribution in [-0.2, 0) is 9.31 Å². The minimum absolute atomic E-state index is 0.363. The molecule has 0 bridgehead atoms. The highest BCUT2D eigenvalue weighted by Crippen LogP contribution is 2.37. The van der Waals surface area contributed by atoms with Crippen molar-refractivity contribution in [3.8, 4) is 67.8 Å². The Morgan fingerprint density at radius 3 is 1.02 bits per heavy atom. The van der Waals surface area contributed by atoms with Crippen LogP contribution >= 0.6 is 11.6 Å². The van der Waals surface area contributed by atoms with Gasteiger partial charge in [0.05, 0.1) is 34.0 Å². The Labute approximate surface area is 345 Å². The lowest BCUT2D eigenvalue weighted by Crippen LogP contribution is -2.41. The maximum absolute atomic E-state index is 6.20. The fourth-order valence-corrected chi connectivity index (χ4v) is 6.67. The molecule has 1 fully saturated rings. The third-order valence-electron chi connectivity index (χ3n) is 10.5. The maximum Gasteiger partial charge on any atom is 0.494 e. The molecule has 8 heteroatoms. The van der Waals surface area contributed by atoms with Crippen LogP contribution in [0.1, 0.15) is 27.7 Å². The maximum atomic E-state index is 6.20. The molecule has 284 valence electrons. The van der Waals surface area contributed by atoms with Crippen LogP contribution in [0.3, 0.4) is 0 Å². The summed E-state index contributed by atoms with van der Waals surface area (Å²) in [6.45, 7) is 8.27. The summed E-state index contributed by atoms with van der Waals surface area (Å²) in [6, 6.07) is 60.5. The van der Waals surface area contributed by atoms with Gasteiger partial charge in [-0.15, -0.1) is 0 Å². The summed E-state index contributed by atoms with van der Waals surface area (Å²) in [5.41, 5.74) is 9.98. The highest BCUT2D eigenvalue weighted by Gasteiger charge is 2.51. The molecule has 0 N–H and O–H groups in total. The van der Waals surface area contributed by atoms with E-state index in [1.165, 1.54) is 0 Å². The predicted molar refractivity (Wildman–Crippen MR) is 237 cm³/mol. The van der Waals surface area contributed by atoms with Gasteiger partial charge >= 0.3 is 7.12 Å². The van der Waals surface area contributed by atoms with Crippen molar-refractivity contribution < 1.29 is 9.31 Å². The number of benzene rings is 6. The molecule has 8 aromatic rings. The van der Waals surface area contributed by atoms with Crippen molar-refractivity contribution in [2.24, 2.45) is 0 Å². The van der Waals surface area contributed by atoms with Gasteiger partial charge in [-0.3, -0.25) is 0 Å². The average molecular weight is 777 g/mol. The molecule has 1 aliphatic heterocycles. The van der Waals surface area contributed by atoms with Gasteiger partial charge in [0.2, 0.25) is 0 Å². The molecule has 0 atom stereocenters. The van der Waals surface area contributed by atoms with Crippen LogP contribution in [-0.4, -0.2) is 38.3 Å². The van der Waals surface area contributed by atoms with Crippen LogP contribution in [0.15, 0.2) is 182 Å². The molecule has 58 heavy (non-hydrogen) atoms. The van der Waals surface area contributed by atoms with Crippen LogP contribution in [0.5, 0.6) is 0 Å². The first kappa shape index (κ1) is 38.6. The monoisotopic (exact) mass is 776 g/mol. The fraction of sp³-hybridized carbons (Fsp3) is 0.120. The normalized spacial score (nSPS) is 14.1. The predicted octanol–water partition coefficient (Wildman–Crippen LogP) is 11.9. The number of aromatic nitrogens is 4. The number of hydrogen-bond acceptors (Lipinski definition) is 6. The first-order valence-electron chi connectivity index (χ1n) is 19.3. The van der Waals surface area contributed by atoms with E-state index >= 15 is 0 Å². The number of halogens is 1. The van der Waals surface area contributed by atoms with E-state index in [0.29, 0.717) is 16.7 Å². The van der Waals surface area contributed by atoms with E-state index in [1.54, 1.807) is 0 Å². The zero-order valence-electron chi connectivity index (χ0n) is 32.9. The second-order valence-electron chi connectivity index (χ2n) is 15.1. The zero-order valence-corrected chi connectivity index (χ0v) is 33.6. The van der Waals surface area contributed by atoms with Gasteiger partial charge in [-0.05, 0) is 57.4 Å². The van der Waals surface area contributed by atoms with Crippen LogP contribution in [0.4, 0.5) is 0 Å². The van der Waals surface area contributed by atoms with Crippen molar-refractivity contribution in [2.45, 2.75) is 38.9 Å². The van der Waals surface area contributed by atoms with Gasteiger partial charge in [0.25, 0.3) is 0 Å². The lowest BCUT2D eigenvalue weighted by molar-refractivity contribution is 0.00578. The fourth-order valence-electron chi connectivity index (χ4n) is 6.55. The van der Waals surface area contributed by atoms with Crippen molar-refractivity contribution in [3.63, 3.8) is 0 Å². The first-order valence-corrected chi connectivity index (χ1v) is 19.7. The molecule has 2 aromatic heterocycles. The van der Waals surface area contributed by atoms with E-state index < -0.39 is 0 Å².